The fourth-order valence-electron chi connectivity index (χ4n) is 1.76. The number of amides is 1. The highest BCUT2D eigenvalue weighted by Crippen LogP contribution is 2.17. The van der Waals surface area contributed by atoms with E-state index in [0.29, 0.717) is 18.2 Å². The SMILES string of the molecule is CN(C=O)c1ccc(C(=O)c2cc(F)cc(F)c2)cc1. The molecule has 0 heterocycles. The third kappa shape index (κ3) is 2.88. The van der Waals surface area contributed by atoms with Crippen LogP contribution in [0.4, 0.5) is 14.5 Å². The first-order valence-electron chi connectivity index (χ1n) is 5.80. The van der Waals surface area contributed by atoms with Crippen LogP contribution >= 0.6 is 0 Å². The van der Waals surface area contributed by atoms with Crippen molar-refractivity contribution in [1.29, 1.82) is 0 Å². The largest absolute Gasteiger partial charge is 0.318 e. The summed E-state index contributed by atoms with van der Waals surface area (Å²) in [5, 5.41) is 0. The van der Waals surface area contributed by atoms with E-state index in [9.17, 15) is 18.4 Å². The van der Waals surface area contributed by atoms with Gasteiger partial charge in [-0.1, -0.05) is 0 Å². The Balaban J connectivity index is 2.31. The third-order valence-corrected chi connectivity index (χ3v) is 2.82. The van der Waals surface area contributed by atoms with Gasteiger partial charge in [-0.3, -0.25) is 9.59 Å². The molecule has 0 fully saturated rings. The number of anilines is 1. The molecular formula is C15H11F2NO2. The Morgan fingerprint density at radius 1 is 1.00 bits per heavy atom. The zero-order chi connectivity index (χ0) is 14.7. The summed E-state index contributed by atoms with van der Waals surface area (Å²) in [7, 11) is 1.58. The number of nitrogens with zero attached hydrogens (tertiary/aromatic N) is 1. The molecule has 0 radical (unpaired) electrons. The second kappa shape index (κ2) is 5.61. The minimum absolute atomic E-state index is 0.0565. The van der Waals surface area contributed by atoms with E-state index in [-0.39, 0.29) is 11.1 Å². The van der Waals surface area contributed by atoms with Gasteiger partial charge in [-0.2, -0.15) is 0 Å². The zero-order valence-corrected chi connectivity index (χ0v) is 10.6. The summed E-state index contributed by atoms with van der Waals surface area (Å²) in [5.41, 5.74) is 0.846. The monoisotopic (exact) mass is 275 g/mol. The number of rotatable bonds is 4. The molecule has 5 heteroatoms. The number of hydrogen-bond acceptors (Lipinski definition) is 2. The third-order valence-electron chi connectivity index (χ3n) is 2.82. The van der Waals surface area contributed by atoms with Crippen LogP contribution in [0.3, 0.4) is 0 Å². The molecule has 0 bridgehead atoms. The van der Waals surface area contributed by atoms with Crippen molar-refractivity contribution in [2.45, 2.75) is 0 Å². The molecule has 0 saturated heterocycles. The lowest BCUT2D eigenvalue weighted by atomic mass is 10.0. The van der Waals surface area contributed by atoms with Crippen molar-refractivity contribution in [3.05, 3.63) is 65.2 Å². The number of ketones is 1. The van der Waals surface area contributed by atoms with Gasteiger partial charge in [-0.25, -0.2) is 8.78 Å². The fraction of sp³-hybridized carbons (Fsp3) is 0.0667. The van der Waals surface area contributed by atoms with Crippen LogP contribution in [0, 0.1) is 11.6 Å². The van der Waals surface area contributed by atoms with Crippen molar-refractivity contribution in [1.82, 2.24) is 0 Å². The molecule has 0 atom stereocenters. The van der Waals surface area contributed by atoms with Gasteiger partial charge in [-0.15, -0.1) is 0 Å². The molecule has 0 spiro atoms. The minimum Gasteiger partial charge on any atom is -0.318 e. The van der Waals surface area contributed by atoms with E-state index in [1.54, 1.807) is 19.2 Å². The predicted molar refractivity (Wildman–Crippen MR) is 70.7 cm³/mol. The van der Waals surface area contributed by atoms with Crippen LogP contribution in [0.25, 0.3) is 0 Å². The van der Waals surface area contributed by atoms with Crippen molar-refractivity contribution < 1.29 is 18.4 Å². The van der Waals surface area contributed by atoms with E-state index in [1.807, 2.05) is 0 Å². The molecule has 102 valence electrons. The van der Waals surface area contributed by atoms with Gasteiger partial charge in [0, 0.05) is 29.9 Å². The molecule has 20 heavy (non-hydrogen) atoms. The molecule has 0 unspecified atom stereocenters. The van der Waals surface area contributed by atoms with Crippen molar-refractivity contribution >= 4 is 17.9 Å². The Kier molecular flexibility index (Phi) is 3.89. The molecule has 0 N–H and O–H groups in total. The number of carbonyl (C=O) groups excluding carboxylic acids is 2. The lowest BCUT2D eigenvalue weighted by Crippen LogP contribution is -2.13. The van der Waals surface area contributed by atoms with Crippen molar-refractivity contribution in [3.8, 4) is 0 Å². The summed E-state index contributed by atoms with van der Waals surface area (Å²) in [6.45, 7) is 0. The first-order valence-corrected chi connectivity index (χ1v) is 5.80. The quantitative estimate of drug-likeness (QED) is 0.635. The topological polar surface area (TPSA) is 37.4 Å². The highest BCUT2D eigenvalue weighted by molar-refractivity contribution is 6.09. The molecule has 0 aliphatic rings. The Labute approximate surface area is 114 Å². The number of carbonyl (C=O) groups is 2. The predicted octanol–water partition coefficient (Wildman–Crippen LogP) is 2.79. The Bertz CT molecular complexity index is 633. The van der Waals surface area contributed by atoms with Gasteiger partial charge in [0.2, 0.25) is 6.41 Å². The minimum atomic E-state index is -0.800. The second-order valence-electron chi connectivity index (χ2n) is 4.25. The van der Waals surface area contributed by atoms with E-state index in [4.69, 9.17) is 0 Å². The molecule has 0 aliphatic carbocycles. The summed E-state index contributed by atoms with van der Waals surface area (Å²) in [4.78, 5) is 24.0. The van der Waals surface area contributed by atoms with Gasteiger partial charge in [-0.05, 0) is 36.4 Å². The fourth-order valence-corrected chi connectivity index (χ4v) is 1.76. The van der Waals surface area contributed by atoms with Crippen molar-refractivity contribution in [3.63, 3.8) is 0 Å². The number of halogens is 2. The summed E-state index contributed by atoms with van der Waals surface area (Å²) in [6.07, 6.45) is 0.638. The zero-order valence-electron chi connectivity index (χ0n) is 10.6. The molecular weight excluding hydrogens is 264 g/mol. The van der Waals surface area contributed by atoms with Crippen LogP contribution in [0.5, 0.6) is 0 Å². The molecule has 2 aromatic carbocycles. The average molecular weight is 275 g/mol. The Hall–Kier alpha value is -2.56. The highest BCUT2D eigenvalue weighted by atomic mass is 19.1. The Morgan fingerprint density at radius 3 is 2.05 bits per heavy atom. The van der Waals surface area contributed by atoms with Gasteiger partial charge in [0.25, 0.3) is 0 Å². The first kappa shape index (κ1) is 13.9. The first-order chi connectivity index (χ1) is 9.51. The maximum Gasteiger partial charge on any atom is 0.213 e. The Morgan fingerprint density at radius 2 is 1.55 bits per heavy atom. The van der Waals surface area contributed by atoms with Crippen LogP contribution in [-0.2, 0) is 4.79 Å². The summed E-state index contributed by atoms with van der Waals surface area (Å²) < 4.78 is 26.2. The molecule has 2 aromatic rings. The van der Waals surface area contributed by atoms with Crippen molar-refractivity contribution in [2.24, 2.45) is 0 Å². The van der Waals surface area contributed by atoms with E-state index in [2.05, 4.69) is 0 Å². The van der Waals surface area contributed by atoms with Gasteiger partial charge in [0.1, 0.15) is 11.6 Å². The van der Waals surface area contributed by atoms with Crippen LogP contribution in [0.1, 0.15) is 15.9 Å². The van der Waals surface area contributed by atoms with Crippen LogP contribution < -0.4 is 4.90 Å². The lowest BCUT2D eigenvalue weighted by molar-refractivity contribution is -0.107. The molecule has 2 rings (SSSR count). The maximum atomic E-state index is 13.1. The van der Waals surface area contributed by atoms with Crippen molar-refractivity contribution in [2.75, 3.05) is 11.9 Å². The van der Waals surface area contributed by atoms with Crippen LogP contribution in [0.15, 0.2) is 42.5 Å². The van der Waals surface area contributed by atoms with Gasteiger partial charge >= 0.3 is 0 Å². The standard InChI is InChI=1S/C15H11F2NO2/c1-18(9-19)14-4-2-10(3-5-14)15(20)11-6-12(16)8-13(17)7-11/h2-9H,1H3. The molecule has 0 saturated carbocycles. The second-order valence-corrected chi connectivity index (χ2v) is 4.25. The summed E-state index contributed by atoms with van der Waals surface area (Å²) in [6, 6.07) is 8.84. The van der Waals surface area contributed by atoms with E-state index in [1.165, 1.54) is 17.0 Å². The molecule has 3 nitrogen and oxygen atoms in total. The molecule has 0 aliphatic heterocycles. The van der Waals surface area contributed by atoms with Gasteiger partial charge in [0.05, 0.1) is 0 Å². The van der Waals surface area contributed by atoms with Crippen LogP contribution in [-0.4, -0.2) is 19.2 Å². The molecule has 0 aromatic heterocycles. The maximum absolute atomic E-state index is 13.1. The van der Waals surface area contributed by atoms with Crippen LogP contribution in [0.2, 0.25) is 0 Å². The van der Waals surface area contributed by atoms with Gasteiger partial charge < -0.3 is 4.90 Å². The van der Waals surface area contributed by atoms with Gasteiger partial charge in [0.15, 0.2) is 5.78 Å². The highest BCUT2D eigenvalue weighted by Gasteiger charge is 2.12. The lowest BCUT2D eigenvalue weighted by Gasteiger charge is -2.10. The average Bonchev–Trinajstić information content (AvgIpc) is 2.45. The van der Waals surface area contributed by atoms with E-state index < -0.39 is 17.4 Å². The normalized spacial score (nSPS) is 10.2. The number of hydrogen-bond donors (Lipinski definition) is 0. The van der Waals surface area contributed by atoms with E-state index in [0.717, 1.165) is 12.1 Å². The summed E-state index contributed by atoms with van der Waals surface area (Å²) >= 11 is 0. The number of benzene rings is 2. The molecule has 1 amide bonds. The summed E-state index contributed by atoms with van der Waals surface area (Å²) in [5.74, 6) is -2.08. The smallest absolute Gasteiger partial charge is 0.213 e. The van der Waals surface area contributed by atoms with E-state index >= 15 is 0 Å².